The van der Waals surface area contributed by atoms with Crippen LogP contribution >= 0.6 is 0 Å². The Morgan fingerprint density at radius 1 is 0.947 bits per heavy atom. The molecular weight excluding hydrogens is 232 g/mol. The summed E-state index contributed by atoms with van der Waals surface area (Å²) in [4.78, 5) is 0. The molecule has 1 saturated heterocycles. The summed E-state index contributed by atoms with van der Waals surface area (Å²) in [5.74, 6) is 0. The third-order valence-corrected chi connectivity index (χ3v) is 4.51. The second kappa shape index (κ2) is 11.7. The Morgan fingerprint density at radius 2 is 1.63 bits per heavy atom. The van der Waals surface area contributed by atoms with Gasteiger partial charge >= 0.3 is 0 Å². The van der Waals surface area contributed by atoms with E-state index in [-0.39, 0.29) is 0 Å². The molecule has 0 aromatic heterocycles. The molecule has 0 aromatic rings. The van der Waals surface area contributed by atoms with Crippen LogP contribution in [0.1, 0.15) is 90.4 Å². The lowest BCUT2D eigenvalue weighted by molar-refractivity contribution is 0.376. The summed E-state index contributed by atoms with van der Waals surface area (Å²) in [6, 6.07) is 0.956. The van der Waals surface area contributed by atoms with Gasteiger partial charge in [-0.05, 0) is 25.8 Å². The maximum absolute atomic E-state index is 6.40. The molecule has 0 radical (unpaired) electrons. The normalized spacial score (nSPS) is 23.4. The zero-order valence-electron chi connectivity index (χ0n) is 13.1. The molecule has 114 valence electrons. The molecule has 1 fully saturated rings. The van der Waals surface area contributed by atoms with Gasteiger partial charge < -0.3 is 11.1 Å². The summed E-state index contributed by atoms with van der Waals surface area (Å²) in [6.45, 7) is 3.45. The van der Waals surface area contributed by atoms with Crippen molar-refractivity contribution < 1.29 is 0 Å². The fraction of sp³-hybridized carbons (Fsp3) is 1.00. The van der Waals surface area contributed by atoms with E-state index in [4.69, 9.17) is 5.73 Å². The van der Waals surface area contributed by atoms with Crippen LogP contribution in [0.3, 0.4) is 0 Å². The third-order valence-electron chi connectivity index (χ3n) is 4.51. The van der Waals surface area contributed by atoms with Gasteiger partial charge in [0.15, 0.2) is 0 Å². The molecule has 2 atom stereocenters. The van der Waals surface area contributed by atoms with Crippen LogP contribution in [-0.2, 0) is 0 Å². The van der Waals surface area contributed by atoms with E-state index in [1.54, 1.807) is 0 Å². The standard InChI is InChI=1S/C17H36N2/c1-2-3-4-5-7-10-13-16(18)17-14-11-8-6-9-12-15-19-17/h16-17,19H,2-15,18H2,1H3. The molecule has 2 unspecified atom stereocenters. The lowest BCUT2D eigenvalue weighted by Crippen LogP contribution is -2.45. The summed E-state index contributed by atoms with van der Waals surface area (Å²) < 4.78 is 0. The molecule has 1 aliphatic heterocycles. The van der Waals surface area contributed by atoms with Crippen LogP contribution in [-0.4, -0.2) is 18.6 Å². The van der Waals surface area contributed by atoms with E-state index in [1.165, 1.54) is 90.0 Å². The molecule has 2 nitrogen and oxygen atoms in total. The highest BCUT2D eigenvalue weighted by Gasteiger charge is 2.17. The number of hydrogen-bond donors (Lipinski definition) is 2. The third kappa shape index (κ3) is 8.65. The number of unbranched alkanes of at least 4 members (excludes halogenated alkanes) is 5. The van der Waals surface area contributed by atoms with E-state index in [0.717, 1.165) is 0 Å². The molecule has 1 aliphatic rings. The van der Waals surface area contributed by atoms with Gasteiger partial charge in [0, 0.05) is 12.1 Å². The van der Waals surface area contributed by atoms with Crippen LogP contribution in [0.2, 0.25) is 0 Å². The Hall–Kier alpha value is -0.0800. The fourth-order valence-corrected chi connectivity index (χ4v) is 3.14. The summed E-state index contributed by atoms with van der Waals surface area (Å²) >= 11 is 0. The van der Waals surface area contributed by atoms with Crippen molar-refractivity contribution in [2.75, 3.05) is 6.54 Å². The van der Waals surface area contributed by atoms with Gasteiger partial charge in [0.25, 0.3) is 0 Å². The van der Waals surface area contributed by atoms with Crippen molar-refractivity contribution in [3.63, 3.8) is 0 Å². The van der Waals surface area contributed by atoms with Crippen LogP contribution < -0.4 is 11.1 Å². The van der Waals surface area contributed by atoms with Crippen molar-refractivity contribution in [1.29, 1.82) is 0 Å². The molecule has 1 rings (SSSR count). The van der Waals surface area contributed by atoms with Gasteiger partial charge in [-0.15, -0.1) is 0 Å². The molecular formula is C17H36N2. The SMILES string of the molecule is CCCCCCCCC(N)C1CCCCCCCN1. The van der Waals surface area contributed by atoms with E-state index in [9.17, 15) is 0 Å². The van der Waals surface area contributed by atoms with Crippen LogP contribution in [0.15, 0.2) is 0 Å². The molecule has 3 N–H and O–H groups in total. The average molecular weight is 268 g/mol. The summed E-state index contributed by atoms with van der Waals surface area (Å²) in [5, 5.41) is 3.70. The quantitative estimate of drug-likeness (QED) is 0.641. The van der Waals surface area contributed by atoms with Crippen molar-refractivity contribution in [2.45, 2.75) is 102 Å². The average Bonchev–Trinajstić information content (AvgIpc) is 2.56. The van der Waals surface area contributed by atoms with E-state index in [1.807, 2.05) is 0 Å². The van der Waals surface area contributed by atoms with Crippen molar-refractivity contribution in [3.05, 3.63) is 0 Å². The molecule has 2 heteroatoms. The summed E-state index contributed by atoms with van der Waals surface area (Å²) in [7, 11) is 0. The second-order valence-electron chi connectivity index (χ2n) is 6.34. The highest BCUT2D eigenvalue weighted by molar-refractivity contribution is 4.80. The summed E-state index contributed by atoms with van der Waals surface area (Å²) in [5.41, 5.74) is 6.40. The van der Waals surface area contributed by atoms with Gasteiger partial charge in [-0.25, -0.2) is 0 Å². The molecule has 19 heavy (non-hydrogen) atoms. The van der Waals surface area contributed by atoms with Gasteiger partial charge in [-0.3, -0.25) is 0 Å². The Kier molecular flexibility index (Phi) is 10.5. The fourth-order valence-electron chi connectivity index (χ4n) is 3.14. The lowest BCUT2D eigenvalue weighted by atomic mass is 9.96. The van der Waals surface area contributed by atoms with Crippen molar-refractivity contribution in [2.24, 2.45) is 5.73 Å². The molecule has 0 amide bonds. The van der Waals surface area contributed by atoms with Crippen LogP contribution in [0, 0.1) is 0 Å². The smallest absolute Gasteiger partial charge is 0.0219 e. The highest BCUT2D eigenvalue weighted by atomic mass is 14.9. The first-order valence-corrected chi connectivity index (χ1v) is 8.83. The Bertz CT molecular complexity index is 184. The zero-order chi connectivity index (χ0) is 13.8. The Morgan fingerprint density at radius 3 is 2.47 bits per heavy atom. The number of nitrogens with two attached hydrogens (primary N) is 1. The first-order chi connectivity index (χ1) is 9.34. The van der Waals surface area contributed by atoms with E-state index >= 15 is 0 Å². The van der Waals surface area contributed by atoms with Gasteiger partial charge in [0.05, 0.1) is 0 Å². The zero-order valence-corrected chi connectivity index (χ0v) is 13.1. The second-order valence-corrected chi connectivity index (χ2v) is 6.34. The topological polar surface area (TPSA) is 38.0 Å². The molecule has 0 saturated carbocycles. The van der Waals surface area contributed by atoms with Crippen molar-refractivity contribution >= 4 is 0 Å². The van der Waals surface area contributed by atoms with Gasteiger partial charge in [-0.2, -0.15) is 0 Å². The maximum Gasteiger partial charge on any atom is 0.0219 e. The van der Waals surface area contributed by atoms with E-state index < -0.39 is 0 Å². The minimum atomic E-state index is 0.379. The lowest BCUT2D eigenvalue weighted by Gasteiger charge is -2.24. The molecule has 0 bridgehead atoms. The van der Waals surface area contributed by atoms with Crippen LogP contribution in [0.5, 0.6) is 0 Å². The Labute approximate surface area is 120 Å². The van der Waals surface area contributed by atoms with Crippen LogP contribution in [0.25, 0.3) is 0 Å². The minimum absolute atomic E-state index is 0.379. The van der Waals surface area contributed by atoms with Gasteiger partial charge in [0.2, 0.25) is 0 Å². The molecule has 0 spiro atoms. The maximum atomic E-state index is 6.40. The molecule has 0 aliphatic carbocycles. The predicted molar refractivity (Wildman–Crippen MR) is 85.5 cm³/mol. The van der Waals surface area contributed by atoms with Gasteiger partial charge in [-0.1, -0.05) is 71.1 Å². The summed E-state index contributed by atoms with van der Waals surface area (Å²) in [6.07, 6.45) is 17.7. The molecule has 0 aromatic carbocycles. The monoisotopic (exact) mass is 268 g/mol. The minimum Gasteiger partial charge on any atom is -0.326 e. The van der Waals surface area contributed by atoms with Crippen molar-refractivity contribution in [1.82, 2.24) is 5.32 Å². The number of rotatable bonds is 8. The predicted octanol–water partition coefficient (Wildman–Crippen LogP) is 4.38. The van der Waals surface area contributed by atoms with Gasteiger partial charge in [0.1, 0.15) is 0 Å². The first kappa shape index (κ1) is 17.0. The largest absolute Gasteiger partial charge is 0.326 e. The number of nitrogens with one attached hydrogen (secondary N) is 1. The first-order valence-electron chi connectivity index (χ1n) is 8.83. The van der Waals surface area contributed by atoms with E-state index in [2.05, 4.69) is 12.2 Å². The van der Waals surface area contributed by atoms with E-state index in [0.29, 0.717) is 12.1 Å². The Balaban J connectivity index is 2.09. The van der Waals surface area contributed by atoms with Crippen molar-refractivity contribution in [3.8, 4) is 0 Å². The molecule has 1 heterocycles. The highest BCUT2D eigenvalue weighted by Crippen LogP contribution is 2.15. The number of hydrogen-bond acceptors (Lipinski definition) is 2. The van der Waals surface area contributed by atoms with Crippen LogP contribution in [0.4, 0.5) is 0 Å².